The van der Waals surface area contributed by atoms with Crippen molar-refractivity contribution < 1.29 is 19.0 Å². The van der Waals surface area contributed by atoms with Gasteiger partial charge in [-0.25, -0.2) is 4.79 Å². The van der Waals surface area contributed by atoms with Crippen LogP contribution in [0.2, 0.25) is 10.0 Å². The third kappa shape index (κ3) is 4.86. The highest BCUT2D eigenvalue weighted by Crippen LogP contribution is 2.35. The molecule has 0 aliphatic carbocycles. The normalized spacial score (nSPS) is 10.2. The van der Waals surface area contributed by atoms with E-state index in [1.165, 1.54) is 14.2 Å². The third-order valence-corrected chi connectivity index (χ3v) is 4.50. The van der Waals surface area contributed by atoms with Crippen molar-refractivity contribution in [1.82, 2.24) is 5.32 Å². The molecule has 2 aromatic rings. The number of halogens is 2. The molecule has 0 spiro atoms. The molecule has 140 valence electrons. The molecule has 0 saturated carbocycles. The van der Waals surface area contributed by atoms with Crippen LogP contribution in [0, 0.1) is 13.8 Å². The number of rotatable bonds is 6. The van der Waals surface area contributed by atoms with E-state index in [2.05, 4.69) is 10.6 Å². The number of ether oxygens (including phenoxy) is 3. The molecule has 0 bridgehead atoms. The van der Waals surface area contributed by atoms with Crippen molar-refractivity contribution in [2.24, 2.45) is 0 Å². The Bertz CT molecular complexity index is 789. The largest absolute Gasteiger partial charge is 0.495 e. The maximum atomic E-state index is 12.1. The fraction of sp³-hybridized carbons (Fsp3) is 0.278. The molecule has 0 aliphatic rings. The molecule has 2 aromatic carbocycles. The lowest BCUT2D eigenvalue weighted by atomic mass is 10.1. The number of anilines is 1. The first-order valence-corrected chi connectivity index (χ1v) is 8.47. The van der Waals surface area contributed by atoms with Crippen molar-refractivity contribution in [3.63, 3.8) is 0 Å². The molecular formula is C18H20Cl2N2O4. The van der Waals surface area contributed by atoms with Crippen LogP contribution in [0.5, 0.6) is 17.2 Å². The highest BCUT2D eigenvalue weighted by molar-refractivity contribution is 6.32. The van der Waals surface area contributed by atoms with Crippen LogP contribution in [-0.2, 0) is 0 Å². The number of carbonyl (C=O) groups is 1. The number of carbonyl (C=O) groups excluding carboxylic acids is 1. The van der Waals surface area contributed by atoms with Gasteiger partial charge in [-0.1, -0.05) is 23.2 Å². The molecule has 2 rings (SSSR count). The van der Waals surface area contributed by atoms with E-state index in [1.54, 1.807) is 12.1 Å². The van der Waals surface area contributed by atoms with E-state index in [0.717, 1.165) is 11.1 Å². The van der Waals surface area contributed by atoms with E-state index in [-0.39, 0.29) is 6.73 Å². The predicted molar refractivity (Wildman–Crippen MR) is 103 cm³/mol. The van der Waals surface area contributed by atoms with Crippen LogP contribution in [0.15, 0.2) is 24.3 Å². The topological polar surface area (TPSA) is 68.8 Å². The number of aryl methyl sites for hydroxylation is 2. The second-order valence-electron chi connectivity index (χ2n) is 5.48. The summed E-state index contributed by atoms with van der Waals surface area (Å²) in [5, 5.41) is 6.35. The Balaban J connectivity index is 1.97. The van der Waals surface area contributed by atoms with Gasteiger partial charge in [0.15, 0.2) is 6.73 Å². The Kier molecular flexibility index (Phi) is 6.83. The molecular weight excluding hydrogens is 379 g/mol. The number of hydrogen-bond donors (Lipinski definition) is 2. The standard InChI is InChI=1S/C18H20Cl2N2O4/c1-10-5-12(6-11(2)17(10)20)26-9-21-18(23)22-14-8-15(24-3)13(19)7-16(14)25-4/h5-8H,9H2,1-4H3,(H2,21,22,23). The summed E-state index contributed by atoms with van der Waals surface area (Å²) in [5.74, 6) is 1.46. The van der Waals surface area contributed by atoms with Gasteiger partial charge < -0.3 is 24.8 Å². The number of amides is 2. The van der Waals surface area contributed by atoms with Crippen molar-refractivity contribution in [3.8, 4) is 17.2 Å². The zero-order valence-electron chi connectivity index (χ0n) is 14.9. The fourth-order valence-electron chi connectivity index (χ4n) is 2.30. The van der Waals surface area contributed by atoms with Crippen LogP contribution >= 0.6 is 23.2 Å². The minimum Gasteiger partial charge on any atom is -0.495 e. The van der Waals surface area contributed by atoms with Crippen molar-refractivity contribution in [3.05, 3.63) is 45.4 Å². The predicted octanol–water partition coefficient (Wildman–Crippen LogP) is 4.79. The molecule has 26 heavy (non-hydrogen) atoms. The SMILES string of the molecule is COc1cc(NC(=O)NCOc2cc(C)c(Cl)c(C)c2)c(OC)cc1Cl. The molecule has 6 nitrogen and oxygen atoms in total. The molecule has 2 N–H and O–H groups in total. The van der Waals surface area contributed by atoms with Crippen LogP contribution in [-0.4, -0.2) is 27.0 Å². The Morgan fingerprint density at radius 1 is 1.00 bits per heavy atom. The highest BCUT2D eigenvalue weighted by Gasteiger charge is 2.12. The molecule has 0 radical (unpaired) electrons. The van der Waals surface area contributed by atoms with Gasteiger partial charge in [-0.2, -0.15) is 0 Å². The summed E-state index contributed by atoms with van der Waals surface area (Å²) in [6.45, 7) is 3.77. The lowest BCUT2D eigenvalue weighted by Gasteiger charge is -2.14. The maximum absolute atomic E-state index is 12.1. The number of nitrogens with one attached hydrogen (secondary N) is 2. The molecule has 0 unspecified atom stereocenters. The molecule has 2 amide bonds. The van der Waals surface area contributed by atoms with Gasteiger partial charge in [0.1, 0.15) is 17.2 Å². The first-order valence-electron chi connectivity index (χ1n) is 7.71. The average Bonchev–Trinajstić information content (AvgIpc) is 2.60. The summed E-state index contributed by atoms with van der Waals surface area (Å²) >= 11 is 12.2. The van der Waals surface area contributed by atoms with Crippen LogP contribution in [0.4, 0.5) is 10.5 Å². The quantitative estimate of drug-likeness (QED) is 0.686. The van der Waals surface area contributed by atoms with Crippen molar-refractivity contribution in [1.29, 1.82) is 0 Å². The number of methoxy groups -OCH3 is 2. The van der Waals surface area contributed by atoms with E-state index >= 15 is 0 Å². The van der Waals surface area contributed by atoms with Gasteiger partial charge in [0.25, 0.3) is 0 Å². The molecule has 0 aliphatic heterocycles. The van der Waals surface area contributed by atoms with Crippen molar-refractivity contribution in [2.75, 3.05) is 26.3 Å². The summed E-state index contributed by atoms with van der Waals surface area (Å²) in [5.41, 5.74) is 2.23. The molecule has 0 heterocycles. The summed E-state index contributed by atoms with van der Waals surface area (Å²) in [6.07, 6.45) is 0. The average molecular weight is 399 g/mol. The van der Waals surface area contributed by atoms with Gasteiger partial charge >= 0.3 is 6.03 Å². The second-order valence-corrected chi connectivity index (χ2v) is 6.26. The fourth-order valence-corrected chi connectivity index (χ4v) is 2.64. The number of hydrogen-bond acceptors (Lipinski definition) is 4. The Morgan fingerprint density at radius 2 is 1.62 bits per heavy atom. The van der Waals surface area contributed by atoms with Gasteiger partial charge in [0.05, 0.1) is 24.9 Å². The monoisotopic (exact) mass is 398 g/mol. The molecule has 0 aromatic heterocycles. The van der Waals surface area contributed by atoms with E-state index < -0.39 is 6.03 Å². The Morgan fingerprint density at radius 3 is 2.19 bits per heavy atom. The Labute approximate surface area is 162 Å². The summed E-state index contributed by atoms with van der Waals surface area (Å²) < 4.78 is 15.9. The lowest BCUT2D eigenvalue weighted by molar-refractivity contribution is 0.234. The van der Waals surface area contributed by atoms with Gasteiger partial charge in [0.2, 0.25) is 0 Å². The van der Waals surface area contributed by atoms with E-state index in [1.807, 2.05) is 26.0 Å². The van der Waals surface area contributed by atoms with Gasteiger partial charge in [-0.3, -0.25) is 0 Å². The summed E-state index contributed by atoms with van der Waals surface area (Å²) in [7, 11) is 2.97. The number of urea groups is 1. The molecule has 0 saturated heterocycles. The van der Waals surface area contributed by atoms with Crippen LogP contribution in [0.3, 0.4) is 0 Å². The van der Waals surface area contributed by atoms with E-state index in [4.69, 9.17) is 37.4 Å². The van der Waals surface area contributed by atoms with Gasteiger partial charge in [0, 0.05) is 17.2 Å². The van der Waals surface area contributed by atoms with Gasteiger partial charge in [-0.15, -0.1) is 0 Å². The van der Waals surface area contributed by atoms with Crippen LogP contribution in [0.25, 0.3) is 0 Å². The second kappa shape index (κ2) is 8.87. The smallest absolute Gasteiger partial charge is 0.321 e. The molecule has 8 heteroatoms. The zero-order valence-corrected chi connectivity index (χ0v) is 16.4. The maximum Gasteiger partial charge on any atom is 0.321 e. The first kappa shape index (κ1) is 20.0. The minimum absolute atomic E-state index is 0.0145. The van der Waals surface area contributed by atoms with Crippen molar-refractivity contribution >= 4 is 34.9 Å². The van der Waals surface area contributed by atoms with E-state index in [9.17, 15) is 4.79 Å². The molecule has 0 fully saturated rings. The molecule has 0 atom stereocenters. The van der Waals surface area contributed by atoms with E-state index in [0.29, 0.717) is 33.0 Å². The lowest BCUT2D eigenvalue weighted by Crippen LogP contribution is -2.32. The zero-order chi connectivity index (χ0) is 19.3. The van der Waals surface area contributed by atoms with Crippen molar-refractivity contribution in [2.45, 2.75) is 13.8 Å². The summed E-state index contributed by atoms with van der Waals surface area (Å²) in [4.78, 5) is 12.1. The highest BCUT2D eigenvalue weighted by atomic mass is 35.5. The first-order chi connectivity index (χ1) is 12.3. The van der Waals surface area contributed by atoms with Gasteiger partial charge in [-0.05, 0) is 37.1 Å². The third-order valence-electron chi connectivity index (χ3n) is 3.60. The number of benzene rings is 2. The van der Waals surface area contributed by atoms with Crippen LogP contribution in [0.1, 0.15) is 11.1 Å². The Hall–Kier alpha value is -2.31. The minimum atomic E-state index is -0.463. The van der Waals surface area contributed by atoms with Crippen LogP contribution < -0.4 is 24.8 Å². The summed E-state index contributed by atoms with van der Waals surface area (Å²) in [6, 6.07) is 6.29.